The first-order chi connectivity index (χ1) is 25.5. The molecule has 2 radical (unpaired) electrons. The van der Waals surface area contributed by atoms with Crippen LogP contribution in [0.2, 0.25) is 0 Å². The van der Waals surface area contributed by atoms with Gasteiger partial charge in [-0.3, -0.25) is 0 Å². The molecule has 10 aromatic rings. The molecule has 0 atom stereocenters. The smallest absolute Gasteiger partial charge is 0.321 e. The number of hydrogen-bond acceptors (Lipinski definition) is 6. The minimum Gasteiger partial charge on any atom is -0.430 e. The van der Waals surface area contributed by atoms with Crippen molar-refractivity contribution >= 4 is 81.1 Å². The maximum absolute atomic E-state index is 6.41. The molecule has 0 aliphatic heterocycles. The molecule has 10 rings (SSSR count). The number of oxazole rings is 1. The van der Waals surface area contributed by atoms with Crippen LogP contribution in [0, 0.1) is 13.8 Å². The zero-order chi connectivity index (χ0) is 34.9. The summed E-state index contributed by atoms with van der Waals surface area (Å²) in [7, 11) is 0.508. The summed E-state index contributed by atoms with van der Waals surface area (Å²) in [5.74, 6) is 0.980. The van der Waals surface area contributed by atoms with E-state index in [1.807, 2.05) is 66.9 Å². The molecule has 11 heteroatoms. The van der Waals surface area contributed by atoms with Crippen molar-refractivity contribution < 1.29 is 25.6 Å². The maximum atomic E-state index is 6.41. The average molecular weight is 754 g/mol. The van der Waals surface area contributed by atoms with Gasteiger partial charge in [0.2, 0.25) is 14.9 Å². The van der Waals surface area contributed by atoms with Gasteiger partial charge in [0.1, 0.15) is 17.5 Å². The molecule has 0 spiro atoms. The van der Waals surface area contributed by atoms with Gasteiger partial charge >= 0.3 is 11.8 Å². The molecule has 5 aromatic carbocycles. The van der Waals surface area contributed by atoms with Crippen molar-refractivity contribution in [2.75, 3.05) is 4.90 Å². The fourth-order valence-corrected chi connectivity index (χ4v) is 10.2. The third-order valence-electron chi connectivity index (χ3n) is 9.73. The second kappa shape index (κ2) is 12.8. The number of rotatable bonds is 7. The van der Waals surface area contributed by atoms with Crippen molar-refractivity contribution in [3.05, 3.63) is 151 Å². The van der Waals surface area contributed by atoms with E-state index in [2.05, 4.69) is 111 Å². The molecule has 0 aliphatic carbocycles. The summed E-state index contributed by atoms with van der Waals surface area (Å²) in [5.41, 5.74) is 8.23. The summed E-state index contributed by atoms with van der Waals surface area (Å²) >= 11 is 0. The third-order valence-corrected chi connectivity index (χ3v) is 12.4. The Labute approximate surface area is 316 Å². The van der Waals surface area contributed by atoms with Gasteiger partial charge in [-0.15, -0.1) is 0 Å². The van der Waals surface area contributed by atoms with E-state index in [1.54, 1.807) is 6.26 Å². The summed E-state index contributed by atoms with van der Waals surface area (Å²) in [6.45, 7) is 3.98. The molecule has 0 saturated carbocycles. The third kappa shape index (κ3) is 5.15. The van der Waals surface area contributed by atoms with Crippen LogP contribution >= 0.6 is 0 Å². The van der Waals surface area contributed by atoms with Crippen LogP contribution in [0.25, 0.3) is 49.8 Å². The zero-order valence-corrected chi connectivity index (χ0v) is 31.1. The molecule has 53 heavy (non-hydrogen) atoms. The van der Waals surface area contributed by atoms with E-state index in [-0.39, 0.29) is 16.8 Å². The molecule has 0 fully saturated rings. The number of imidazole rings is 1. The fourth-order valence-electron chi connectivity index (χ4n) is 7.45. The second-order valence-corrected chi connectivity index (χ2v) is 15.3. The van der Waals surface area contributed by atoms with Gasteiger partial charge in [0, 0.05) is 45.8 Å². The van der Waals surface area contributed by atoms with Crippen LogP contribution in [0.4, 0.5) is 17.7 Å². The Morgan fingerprint density at radius 3 is 2.02 bits per heavy atom. The molecule has 0 amide bonds. The van der Waals surface area contributed by atoms with Gasteiger partial charge in [-0.25, -0.2) is 14.6 Å². The normalized spacial score (nSPS) is 11.7. The van der Waals surface area contributed by atoms with E-state index >= 15 is 0 Å². The van der Waals surface area contributed by atoms with Crippen LogP contribution in [-0.4, -0.2) is 37.5 Å². The van der Waals surface area contributed by atoms with Crippen LogP contribution in [0.5, 0.6) is 0 Å². The summed E-state index contributed by atoms with van der Waals surface area (Å²) in [5, 5.41) is 9.62. The Morgan fingerprint density at radius 2 is 1.34 bits per heavy atom. The van der Waals surface area contributed by atoms with Gasteiger partial charge in [-0.2, -0.15) is 10.1 Å². The number of nitrogens with zero attached hydrogens (tertiary/aromatic N) is 7. The van der Waals surface area contributed by atoms with Gasteiger partial charge in [-0.1, -0.05) is 97.1 Å². The molecule has 0 unspecified atom stereocenters. The molecule has 5 heterocycles. The summed E-state index contributed by atoms with van der Waals surface area (Å²) < 4.78 is 18.9. The van der Waals surface area contributed by atoms with E-state index in [0.717, 1.165) is 44.7 Å². The van der Waals surface area contributed by atoms with Gasteiger partial charge in [-0.05, 0) is 60.6 Å². The Hall–Kier alpha value is -6.15. The fraction of sp³-hybridized carbons (Fsp3) is 0.0714. The number of aromatic nitrogens is 6. The first-order valence-corrected chi connectivity index (χ1v) is 18.6. The molecule has 260 valence electrons. The first-order valence-electron chi connectivity index (χ1n) is 17.2. The monoisotopic (exact) mass is 753 g/mol. The van der Waals surface area contributed by atoms with Crippen LogP contribution in [0.3, 0.4) is 0 Å². The molecule has 0 bridgehead atoms. The zero-order valence-electron chi connectivity index (χ0n) is 29.1. The van der Waals surface area contributed by atoms with Crippen molar-refractivity contribution in [1.82, 2.24) is 28.5 Å². The van der Waals surface area contributed by atoms with Gasteiger partial charge in [0.15, 0.2) is 5.52 Å². The van der Waals surface area contributed by atoms with E-state index in [0.29, 0.717) is 23.3 Å². The Kier molecular flexibility index (Phi) is 7.91. The van der Waals surface area contributed by atoms with Crippen LogP contribution in [0.15, 0.2) is 149 Å². The van der Waals surface area contributed by atoms with Crippen molar-refractivity contribution in [3.8, 4) is 5.69 Å². The topological polar surface area (TPSA) is 83.0 Å². The molecule has 0 saturated heterocycles. The maximum Gasteiger partial charge on any atom is 0.321 e. The molecule has 5 aromatic heterocycles. The molecule has 0 N–H and O–H groups in total. The van der Waals surface area contributed by atoms with Crippen LogP contribution in [0.1, 0.15) is 11.4 Å². The van der Waals surface area contributed by atoms with Gasteiger partial charge < -0.3 is 17.6 Å². The van der Waals surface area contributed by atoms with Crippen molar-refractivity contribution in [2.24, 2.45) is 7.05 Å². The summed E-state index contributed by atoms with van der Waals surface area (Å²) in [4.78, 5) is 12.5. The van der Waals surface area contributed by atoms with E-state index in [9.17, 15) is 0 Å². The van der Waals surface area contributed by atoms with Crippen LogP contribution < -0.4 is 15.3 Å². The molecule has 0 aliphatic rings. The number of aryl methyl sites for hydroxylation is 3. The van der Waals surface area contributed by atoms with Crippen molar-refractivity contribution in [2.45, 2.75) is 13.8 Å². The number of benzene rings is 5. The number of furan rings is 1. The Bertz CT molecular complexity index is 2870. The van der Waals surface area contributed by atoms with E-state index < -0.39 is 8.96 Å². The largest absolute Gasteiger partial charge is 0.430 e. The minimum absolute atomic E-state index is 0. The average Bonchev–Trinajstić information content (AvgIpc) is 3.99. The van der Waals surface area contributed by atoms with Gasteiger partial charge in [0.05, 0.1) is 22.4 Å². The van der Waals surface area contributed by atoms with E-state index in [4.69, 9.17) is 18.8 Å². The minimum atomic E-state index is -1.54. The van der Waals surface area contributed by atoms with Crippen molar-refractivity contribution in [1.29, 1.82) is 0 Å². The summed E-state index contributed by atoms with van der Waals surface area (Å²) in [6, 6.07) is 47.3. The molecular formula is C42H32CoN7O2Si. The summed E-state index contributed by atoms with van der Waals surface area (Å²) in [6.07, 6.45) is 1.64. The predicted molar refractivity (Wildman–Crippen MR) is 208 cm³/mol. The quantitative estimate of drug-likeness (QED) is 0.152. The number of anilines is 3. The first kappa shape index (κ1) is 32.7. The molecular weight excluding hydrogens is 722 g/mol. The van der Waals surface area contributed by atoms with Gasteiger partial charge in [0.25, 0.3) is 0 Å². The number of para-hydroxylation sites is 2. The standard InChI is InChI=1S/C42H32N7O2Si.Co/c1-27-25-28(2)48(45-27)36-26-50-40-38(36)44-42(51-40)47(29-15-7-4-8-16-29)41-43-37-35(46(41)3)24-23-33-32-21-13-14-22-34(32)49(39(33)37)52(30-17-9-5-10-18-30)31-19-11-6-12-20-31;/h4-26H,1-3H3;. The van der Waals surface area contributed by atoms with Crippen molar-refractivity contribution in [3.63, 3.8) is 0 Å². The molecule has 9 nitrogen and oxygen atoms in total. The predicted octanol–water partition coefficient (Wildman–Crippen LogP) is 8.34. The second-order valence-electron chi connectivity index (χ2n) is 13.0. The Balaban J connectivity index is 0.00000372. The van der Waals surface area contributed by atoms with E-state index in [1.165, 1.54) is 21.3 Å². The van der Waals surface area contributed by atoms with Crippen LogP contribution in [-0.2, 0) is 23.8 Å². The number of hydrogen-bond donors (Lipinski definition) is 0. The number of fused-ring (bicyclic) bond motifs is 6. The Morgan fingerprint density at radius 1 is 0.679 bits per heavy atom. The SMILES string of the molecule is Cc1cc(C)n(-c2coc3oc(N(c4ccccc4)c4nc5c(ccc6c7ccccc7n([Si](c7ccccc7)c7ccccc7)c65)n4C)nc23)n1.[Co].